The van der Waals surface area contributed by atoms with Crippen LogP contribution >= 0.6 is 0 Å². The number of nitrogens with one attached hydrogen (secondary N) is 1. The molecular weight excluding hydrogens is 310 g/mol. The Labute approximate surface area is 153 Å². The van der Waals surface area contributed by atoms with Crippen molar-refractivity contribution >= 4 is 0 Å². The van der Waals surface area contributed by atoms with E-state index in [2.05, 4.69) is 31.3 Å². The Balaban J connectivity index is 1.75. The molecule has 0 aromatic heterocycles. The zero-order chi connectivity index (χ0) is 17.7. The number of piperidine rings is 1. The molecule has 1 saturated heterocycles. The van der Waals surface area contributed by atoms with Crippen LogP contribution in [0.2, 0.25) is 0 Å². The Bertz CT molecular complexity index is 514. The quantitative estimate of drug-likeness (QED) is 0.781. The summed E-state index contributed by atoms with van der Waals surface area (Å²) in [7, 11) is 0. The summed E-state index contributed by atoms with van der Waals surface area (Å²) in [5, 5.41) is 15.2. The van der Waals surface area contributed by atoms with Crippen LogP contribution in [0.5, 0.6) is 0 Å². The van der Waals surface area contributed by atoms with Crippen molar-refractivity contribution in [3.63, 3.8) is 0 Å². The highest BCUT2D eigenvalue weighted by Gasteiger charge is 2.44. The Hall–Kier alpha value is -0.900. The average Bonchev–Trinajstić information content (AvgIpc) is 3.10. The summed E-state index contributed by atoms with van der Waals surface area (Å²) < 4.78 is 6.43. The first-order valence-electron chi connectivity index (χ1n) is 10.3. The van der Waals surface area contributed by atoms with Crippen LogP contribution in [0.25, 0.3) is 0 Å². The fourth-order valence-electron chi connectivity index (χ4n) is 5.02. The fourth-order valence-corrected chi connectivity index (χ4v) is 5.02. The standard InChI is InChI=1S/C22H35NO2/c1-3-21(18-12-14-23-15-13-18)25-16-22(24,19-9-5-4-6-10-19)20-11-7-8-17(20)2/h4-6,9-10,17-18,20-21,23-24H,3,7-8,11-16H2,1-2H3. The molecule has 1 saturated carbocycles. The van der Waals surface area contributed by atoms with Gasteiger partial charge in [-0.2, -0.15) is 0 Å². The SMILES string of the molecule is CCC(OCC(O)(c1ccccc1)C1CCCC1C)C1CCNCC1. The second-order valence-corrected chi connectivity index (χ2v) is 8.15. The minimum atomic E-state index is -0.864. The Morgan fingerprint density at radius 1 is 1.16 bits per heavy atom. The minimum absolute atomic E-state index is 0.258. The third kappa shape index (κ3) is 4.27. The van der Waals surface area contributed by atoms with Gasteiger partial charge in [0.2, 0.25) is 0 Å². The van der Waals surface area contributed by atoms with Crippen molar-refractivity contribution in [1.29, 1.82) is 0 Å². The smallest absolute Gasteiger partial charge is 0.116 e. The van der Waals surface area contributed by atoms with Gasteiger partial charge in [-0.05, 0) is 62.1 Å². The molecule has 1 aromatic carbocycles. The van der Waals surface area contributed by atoms with Gasteiger partial charge in [0.25, 0.3) is 0 Å². The van der Waals surface area contributed by atoms with Crippen LogP contribution in [0, 0.1) is 17.8 Å². The molecule has 0 bridgehead atoms. The van der Waals surface area contributed by atoms with Crippen LogP contribution in [0.3, 0.4) is 0 Å². The molecule has 0 spiro atoms. The molecule has 1 heterocycles. The van der Waals surface area contributed by atoms with E-state index in [1.807, 2.05) is 18.2 Å². The molecule has 4 unspecified atom stereocenters. The van der Waals surface area contributed by atoms with Gasteiger partial charge in [-0.3, -0.25) is 0 Å². The largest absolute Gasteiger partial charge is 0.382 e. The van der Waals surface area contributed by atoms with Crippen molar-refractivity contribution in [2.24, 2.45) is 17.8 Å². The lowest BCUT2D eigenvalue weighted by Gasteiger charge is -2.39. The zero-order valence-corrected chi connectivity index (χ0v) is 15.9. The molecule has 25 heavy (non-hydrogen) atoms. The van der Waals surface area contributed by atoms with E-state index in [9.17, 15) is 5.11 Å². The molecule has 4 atom stereocenters. The number of aliphatic hydroxyl groups is 1. The molecular formula is C22H35NO2. The van der Waals surface area contributed by atoms with Crippen molar-refractivity contribution in [3.8, 4) is 0 Å². The van der Waals surface area contributed by atoms with Gasteiger partial charge >= 0.3 is 0 Å². The van der Waals surface area contributed by atoms with Crippen LogP contribution in [0.1, 0.15) is 57.9 Å². The van der Waals surface area contributed by atoms with Crippen LogP contribution < -0.4 is 5.32 Å². The molecule has 1 aromatic rings. The Morgan fingerprint density at radius 3 is 2.48 bits per heavy atom. The monoisotopic (exact) mass is 345 g/mol. The number of hydrogen-bond donors (Lipinski definition) is 2. The molecule has 1 aliphatic carbocycles. The summed E-state index contributed by atoms with van der Waals surface area (Å²) in [6.45, 7) is 7.11. The highest BCUT2D eigenvalue weighted by molar-refractivity contribution is 5.24. The first-order chi connectivity index (χ1) is 12.1. The summed E-state index contributed by atoms with van der Waals surface area (Å²) in [6.07, 6.45) is 7.17. The molecule has 2 fully saturated rings. The van der Waals surface area contributed by atoms with Gasteiger partial charge in [0.1, 0.15) is 5.60 Å². The number of benzene rings is 1. The van der Waals surface area contributed by atoms with Gasteiger partial charge in [0.15, 0.2) is 0 Å². The molecule has 140 valence electrons. The average molecular weight is 346 g/mol. The van der Waals surface area contributed by atoms with Gasteiger partial charge in [-0.25, -0.2) is 0 Å². The van der Waals surface area contributed by atoms with Crippen LogP contribution in [-0.2, 0) is 10.3 Å². The van der Waals surface area contributed by atoms with Gasteiger partial charge in [0, 0.05) is 0 Å². The van der Waals surface area contributed by atoms with Crippen LogP contribution in [0.4, 0.5) is 0 Å². The van der Waals surface area contributed by atoms with E-state index in [0.717, 1.165) is 31.5 Å². The molecule has 0 radical (unpaired) electrons. The summed E-state index contributed by atoms with van der Waals surface area (Å²) in [5.74, 6) is 1.46. The van der Waals surface area contributed by atoms with Crippen molar-refractivity contribution in [2.45, 2.75) is 64.1 Å². The maximum atomic E-state index is 11.8. The highest BCUT2D eigenvalue weighted by Crippen LogP contribution is 2.44. The van der Waals surface area contributed by atoms with Crippen molar-refractivity contribution in [2.75, 3.05) is 19.7 Å². The number of rotatable bonds is 7. The van der Waals surface area contributed by atoms with Crippen LogP contribution in [-0.4, -0.2) is 30.9 Å². The van der Waals surface area contributed by atoms with Crippen LogP contribution in [0.15, 0.2) is 30.3 Å². The zero-order valence-electron chi connectivity index (χ0n) is 15.9. The first-order valence-corrected chi connectivity index (χ1v) is 10.3. The van der Waals surface area contributed by atoms with E-state index in [1.165, 1.54) is 25.7 Å². The van der Waals surface area contributed by atoms with Crippen molar-refractivity contribution in [1.82, 2.24) is 5.32 Å². The van der Waals surface area contributed by atoms with Crippen molar-refractivity contribution < 1.29 is 9.84 Å². The van der Waals surface area contributed by atoms with Gasteiger partial charge < -0.3 is 15.2 Å². The fraction of sp³-hybridized carbons (Fsp3) is 0.727. The first kappa shape index (κ1) is 18.9. The summed E-state index contributed by atoms with van der Waals surface area (Å²) in [5.41, 5.74) is 0.159. The second-order valence-electron chi connectivity index (χ2n) is 8.15. The third-order valence-electron chi connectivity index (χ3n) is 6.58. The highest BCUT2D eigenvalue weighted by atomic mass is 16.5. The number of hydrogen-bond acceptors (Lipinski definition) is 3. The second kappa shape index (κ2) is 8.66. The van der Waals surface area contributed by atoms with Gasteiger partial charge in [0.05, 0.1) is 12.7 Å². The van der Waals surface area contributed by atoms with Crippen molar-refractivity contribution in [3.05, 3.63) is 35.9 Å². The van der Waals surface area contributed by atoms with E-state index < -0.39 is 5.60 Å². The van der Waals surface area contributed by atoms with E-state index >= 15 is 0 Å². The predicted octanol–water partition coefficient (Wildman–Crippen LogP) is 4.11. The molecule has 2 N–H and O–H groups in total. The maximum absolute atomic E-state index is 11.8. The Morgan fingerprint density at radius 2 is 1.88 bits per heavy atom. The molecule has 3 heteroatoms. The molecule has 2 aliphatic rings. The normalized spacial score (nSPS) is 28.6. The lowest BCUT2D eigenvalue weighted by molar-refractivity contribution is -0.129. The summed E-state index contributed by atoms with van der Waals surface area (Å²) >= 11 is 0. The molecule has 3 nitrogen and oxygen atoms in total. The predicted molar refractivity (Wildman–Crippen MR) is 102 cm³/mol. The minimum Gasteiger partial charge on any atom is -0.382 e. The molecule has 1 aliphatic heterocycles. The molecule has 0 amide bonds. The van der Waals surface area contributed by atoms with E-state index in [0.29, 0.717) is 24.4 Å². The molecule has 3 rings (SSSR count). The van der Waals surface area contributed by atoms with Gasteiger partial charge in [-0.15, -0.1) is 0 Å². The number of ether oxygens (including phenoxy) is 1. The third-order valence-corrected chi connectivity index (χ3v) is 6.58. The summed E-state index contributed by atoms with van der Waals surface area (Å²) in [4.78, 5) is 0. The van der Waals surface area contributed by atoms with Gasteiger partial charge in [-0.1, -0.05) is 57.0 Å². The van der Waals surface area contributed by atoms with E-state index in [-0.39, 0.29) is 6.10 Å². The summed E-state index contributed by atoms with van der Waals surface area (Å²) in [6, 6.07) is 10.2. The topological polar surface area (TPSA) is 41.5 Å². The lowest BCUT2D eigenvalue weighted by atomic mass is 9.76. The maximum Gasteiger partial charge on any atom is 0.116 e. The Kier molecular flexibility index (Phi) is 6.54. The lowest BCUT2D eigenvalue weighted by Crippen LogP contribution is -2.44. The van der Waals surface area contributed by atoms with E-state index in [4.69, 9.17) is 4.74 Å². The van der Waals surface area contributed by atoms with E-state index in [1.54, 1.807) is 0 Å².